The van der Waals surface area contributed by atoms with Crippen molar-refractivity contribution in [3.8, 4) is 5.88 Å². The Morgan fingerprint density at radius 2 is 1.76 bits per heavy atom. The molecule has 4 aliphatic rings. The number of H-pyrrole nitrogens is 1. The van der Waals surface area contributed by atoms with Crippen LogP contribution in [0.1, 0.15) is 74.7 Å². The van der Waals surface area contributed by atoms with Crippen LogP contribution in [0.3, 0.4) is 0 Å². The summed E-state index contributed by atoms with van der Waals surface area (Å²) < 4.78 is 41.6. The number of benzene rings is 3. The van der Waals surface area contributed by atoms with Gasteiger partial charge < -0.3 is 29.6 Å². The second-order valence-electron chi connectivity index (χ2n) is 18.8. The van der Waals surface area contributed by atoms with E-state index in [2.05, 4.69) is 50.8 Å². The third kappa shape index (κ3) is 9.87. The summed E-state index contributed by atoms with van der Waals surface area (Å²) in [5.41, 5.74) is 6.95. The van der Waals surface area contributed by atoms with E-state index in [0.29, 0.717) is 41.9 Å². The number of sulfonamides is 1. The normalized spacial score (nSPS) is 20.2. The van der Waals surface area contributed by atoms with Crippen LogP contribution in [0.25, 0.3) is 16.6 Å². The van der Waals surface area contributed by atoms with E-state index >= 15 is 0 Å². The molecule has 348 valence electrons. The molecule has 4 heterocycles. The zero-order chi connectivity index (χ0) is 46.2. The highest BCUT2D eigenvalue weighted by Crippen LogP contribution is 2.44. The van der Waals surface area contributed by atoms with Crippen molar-refractivity contribution in [1.82, 2.24) is 19.6 Å². The molecule has 5 aromatic rings. The van der Waals surface area contributed by atoms with Crippen molar-refractivity contribution in [3.05, 3.63) is 111 Å². The number of nitrogens with zero attached hydrogens (tertiary/aromatic N) is 5. The number of pyridine rings is 1. The highest BCUT2D eigenvalue weighted by molar-refractivity contribution is 7.90. The van der Waals surface area contributed by atoms with Gasteiger partial charge in [-0.2, -0.15) is 4.98 Å². The number of rotatable bonds is 13. The molecule has 66 heavy (non-hydrogen) atoms. The number of piperazine rings is 1. The minimum atomic E-state index is -4.56. The summed E-state index contributed by atoms with van der Waals surface area (Å²) in [6.45, 7) is 9.89. The molecule has 0 bridgehead atoms. The van der Waals surface area contributed by atoms with Gasteiger partial charge in [0.1, 0.15) is 23.6 Å². The Labute approximate surface area is 390 Å². The van der Waals surface area contributed by atoms with Crippen LogP contribution in [0.2, 0.25) is 5.02 Å². The Balaban J connectivity index is 0.962. The number of allylic oxidation sites excluding steroid dienone is 1. The van der Waals surface area contributed by atoms with E-state index < -0.39 is 31.4 Å². The van der Waals surface area contributed by atoms with Crippen molar-refractivity contribution in [3.63, 3.8) is 0 Å². The number of amides is 1. The van der Waals surface area contributed by atoms with Gasteiger partial charge in [0.2, 0.25) is 5.88 Å². The van der Waals surface area contributed by atoms with Gasteiger partial charge in [0.05, 0.1) is 33.7 Å². The second-order valence-corrected chi connectivity index (χ2v) is 20.9. The van der Waals surface area contributed by atoms with Crippen LogP contribution in [0.5, 0.6) is 5.88 Å². The summed E-state index contributed by atoms with van der Waals surface area (Å²) in [5.74, 6) is -0.183. The first-order chi connectivity index (χ1) is 31.7. The van der Waals surface area contributed by atoms with Crippen LogP contribution in [0, 0.1) is 21.4 Å². The lowest BCUT2D eigenvalue weighted by Crippen LogP contribution is -2.47. The molecular weight excluding hydrogens is 880 g/mol. The molecule has 9 rings (SSSR count). The molecule has 15 nitrogen and oxygen atoms in total. The second kappa shape index (κ2) is 18.9. The number of halogens is 1. The molecule has 2 fully saturated rings. The number of carbonyl (C=O) groups excluding carboxylic acids is 1. The Kier molecular flexibility index (Phi) is 13.0. The Morgan fingerprint density at radius 1 is 0.985 bits per heavy atom. The van der Waals surface area contributed by atoms with Crippen LogP contribution in [0.4, 0.5) is 28.4 Å². The van der Waals surface area contributed by atoms with Gasteiger partial charge in [-0.25, -0.2) is 13.1 Å². The van der Waals surface area contributed by atoms with Crippen molar-refractivity contribution < 1.29 is 27.6 Å². The maximum Gasteiger partial charge on any atom is 0.293 e. The minimum Gasteiger partial charge on any atom is -0.474 e. The van der Waals surface area contributed by atoms with Gasteiger partial charge in [-0.15, -0.1) is 0 Å². The maximum atomic E-state index is 14.3. The summed E-state index contributed by atoms with van der Waals surface area (Å²) in [6, 6.07) is 21.2. The van der Waals surface area contributed by atoms with Crippen molar-refractivity contribution in [2.75, 3.05) is 74.6 Å². The van der Waals surface area contributed by atoms with Gasteiger partial charge >= 0.3 is 0 Å². The van der Waals surface area contributed by atoms with Crippen LogP contribution in [-0.4, -0.2) is 99.8 Å². The first kappa shape index (κ1) is 45.5. The number of hydrogen-bond donors (Lipinski definition) is 3. The summed E-state index contributed by atoms with van der Waals surface area (Å²) in [7, 11) is -2.86. The maximum absolute atomic E-state index is 14.3. The minimum absolute atomic E-state index is 0.112. The van der Waals surface area contributed by atoms with E-state index in [4.69, 9.17) is 26.1 Å². The number of fused-ring (bicyclic) bond motifs is 2. The molecular formula is C49H57ClN8O7S. The van der Waals surface area contributed by atoms with E-state index in [-0.39, 0.29) is 29.4 Å². The quantitative estimate of drug-likeness (QED) is 0.0756. The molecule has 2 aliphatic heterocycles. The molecule has 17 heteroatoms. The van der Waals surface area contributed by atoms with Crippen LogP contribution in [0.15, 0.2) is 89.5 Å². The number of nitro groups is 1. The highest BCUT2D eigenvalue weighted by Gasteiger charge is 2.32. The van der Waals surface area contributed by atoms with Crippen LogP contribution >= 0.6 is 11.6 Å². The molecule has 1 saturated carbocycles. The fraction of sp³-hybridized carbons (Fsp3) is 0.429. The summed E-state index contributed by atoms with van der Waals surface area (Å²) >= 11 is 6.27. The smallest absolute Gasteiger partial charge is 0.293 e. The molecule has 0 radical (unpaired) electrons. The van der Waals surface area contributed by atoms with Crippen LogP contribution in [-0.2, 0) is 14.8 Å². The fourth-order valence-electron chi connectivity index (χ4n) is 9.93. The number of methoxy groups -OCH3 is 1. The number of aromatic nitrogens is 2. The standard InChI is InChI=1S/C49H57ClN8O7S/c1-49(2)18-16-35(41(29-49)33-6-8-36(50)9-7-33)31-55-20-22-56(23-21-55)37-10-14-40(43(27-37)57-24-25-65-48-45(57)26-34-17-19-51-46(34)53-48)47(59)54-66(62,63)39-13-15-42(44(28-39)58(60)61)52-30-32-4-11-38(64-3)12-5-32/h6-10,13-15,17,19,26-28,32,38,52H,4-5,11-12,16,18,20-25,29-31H2,1-3H3,(H,51,53)(H,54,59)/t32-,38+. The molecule has 0 unspecified atom stereocenters. The van der Waals surface area contributed by atoms with Gasteiger partial charge in [0.15, 0.2) is 0 Å². The number of hydrogen-bond acceptors (Lipinski definition) is 12. The Hall–Kier alpha value is -5.68. The predicted octanol–water partition coefficient (Wildman–Crippen LogP) is 9.18. The first-order valence-corrected chi connectivity index (χ1v) is 24.7. The summed E-state index contributed by atoms with van der Waals surface area (Å²) in [4.78, 5) is 40.2. The van der Waals surface area contributed by atoms with Gasteiger partial charge in [-0.1, -0.05) is 43.2 Å². The van der Waals surface area contributed by atoms with E-state index in [1.54, 1.807) is 19.4 Å². The van der Waals surface area contributed by atoms with Gasteiger partial charge in [-0.05, 0) is 122 Å². The number of carbonyl (C=O) groups is 1. The zero-order valence-electron chi connectivity index (χ0n) is 37.6. The van der Waals surface area contributed by atoms with Gasteiger partial charge in [-0.3, -0.25) is 19.8 Å². The number of nitro benzene ring substituents is 1. The average Bonchev–Trinajstić information content (AvgIpc) is 3.78. The molecule has 3 N–H and O–H groups in total. The molecule has 0 spiro atoms. The lowest BCUT2D eigenvalue weighted by atomic mass is 9.72. The fourth-order valence-corrected chi connectivity index (χ4v) is 11.0. The largest absolute Gasteiger partial charge is 0.474 e. The number of anilines is 4. The Morgan fingerprint density at radius 3 is 2.50 bits per heavy atom. The van der Waals surface area contributed by atoms with E-state index in [9.17, 15) is 23.3 Å². The average molecular weight is 938 g/mol. The summed E-state index contributed by atoms with van der Waals surface area (Å²) in [6.07, 6.45) is 8.90. The molecule has 2 aliphatic carbocycles. The van der Waals surface area contributed by atoms with Gasteiger partial charge in [0.25, 0.3) is 21.6 Å². The number of ether oxygens (including phenoxy) is 2. The van der Waals surface area contributed by atoms with Crippen molar-refractivity contribution in [1.29, 1.82) is 0 Å². The lowest BCUT2D eigenvalue weighted by molar-refractivity contribution is -0.384. The van der Waals surface area contributed by atoms with E-state index in [1.165, 1.54) is 28.8 Å². The zero-order valence-corrected chi connectivity index (χ0v) is 39.2. The summed E-state index contributed by atoms with van der Waals surface area (Å²) in [5, 5.41) is 17.0. The number of aromatic amines is 1. The SMILES string of the molecule is CO[C@H]1CC[C@@H](CNc2ccc(S(=O)(=O)NC(=O)c3ccc(N4CCN(CC5=C(c6ccc(Cl)cc6)CC(C)(C)CC5)CC4)cc3N3CCOc4nc5[nH]ccc5cc43)cc2[N+](=O)[O-])CC1. The molecule has 3 aromatic carbocycles. The topological polar surface area (TPSA) is 175 Å². The first-order valence-electron chi connectivity index (χ1n) is 22.8. The van der Waals surface area contributed by atoms with Crippen molar-refractivity contribution >= 4 is 72.6 Å². The van der Waals surface area contributed by atoms with E-state index in [0.717, 1.165) is 99.8 Å². The molecule has 1 amide bonds. The molecule has 0 atom stereocenters. The lowest BCUT2D eigenvalue weighted by Gasteiger charge is -2.39. The van der Waals surface area contributed by atoms with Crippen molar-refractivity contribution in [2.45, 2.75) is 69.8 Å². The predicted molar refractivity (Wildman–Crippen MR) is 259 cm³/mol. The number of nitrogens with one attached hydrogen (secondary N) is 3. The highest BCUT2D eigenvalue weighted by atomic mass is 35.5. The van der Waals surface area contributed by atoms with E-state index in [1.807, 2.05) is 41.3 Å². The van der Waals surface area contributed by atoms with Gasteiger partial charge in [0, 0.05) is 74.7 Å². The Bertz CT molecular complexity index is 2760. The third-order valence-electron chi connectivity index (χ3n) is 13.8. The van der Waals surface area contributed by atoms with Crippen molar-refractivity contribution in [2.24, 2.45) is 11.3 Å². The monoisotopic (exact) mass is 936 g/mol. The third-order valence-corrected chi connectivity index (χ3v) is 15.4. The molecule has 2 aromatic heterocycles. The molecule has 1 saturated heterocycles. The van der Waals surface area contributed by atoms with Crippen LogP contribution < -0.4 is 24.6 Å².